The molecule has 0 radical (unpaired) electrons. The van der Waals surface area contributed by atoms with E-state index in [-0.39, 0.29) is 0 Å². The summed E-state index contributed by atoms with van der Waals surface area (Å²) < 4.78 is 0. The number of hydrogen-bond donors (Lipinski definition) is 0. The van der Waals surface area contributed by atoms with E-state index in [1.807, 2.05) is 121 Å². The fraction of sp³-hybridized carbons (Fsp3) is 0.0204. The first-order valence-corrected chi connectivity index (χ1v) is 18.2. The van der Waals surface area contributed by atoms with E-state index in [1.165, 1.54) is 5.56 Å². The number of benzene rings is 7. The van der Waals surface area contributed by atoms with E-state index in [4.69, 9.17) is 29.9 Å². The van der Waals surface area contributed by atoms with Crippen molar-refractivity contribution in [1.82, 2.24) is 29.9 Å². The maximum atomic E-state index is 4.97. The zero-order chi connectivity index (χ0) is 37.0. The molecule has 0 atom stereocenters. The lowest BCUT2D eigenvalue weighted by atomic mass is 9.93. The van der Waals surface area contributed by atoms with Crippen LogP contribution in [-0.4, -0.2) is 29.9 Å². The lowest BCUT2D eigenvalue weighted by Gasteiger charge is -2.13. The third-order valence-corrected chi connectivity index (χ3v) is 9.52. The maximum absolute atomic E-state index is 4.97. The zero-order valence-electron chi connectivity index (χ0n) is 30.1. The predicted molar refractivity (Wildman–Crippen MR) is 221 cm³/mol. The van der Waals surface area contributed by atoms with Gasteiger partial charge in [0.1, 0.15) is 0 Å². The summed E-state index contributed by atoms with van der Waals surface area (Å²) in [5.41, 5.74) is 11.1. The van der Waals surface area contributed by atoms with Crippen LogP contribution >= 0.6 is 0 Å². The maximum Gasteiger partial charge on any atom is 0.164 e. The van der Waals surface area contributed by atoms with E-state index in [1.54, 1.807) is 0 Å². The lowest BCUT2D eigenvalue weighted by Crippen LogP contribution is -2.00. The van der Waals surface area contributed by atoms with E-state index in [0.717, 1.165) is 55.6 Å². The Kier molecular flexibility index (Phi) is 9.04. The fourth-order valence-electron chi connectivity index (χ4n) is 6.65. The Morgan fingerprint density at radius 3 is 0.927 bits per heavy atom. The van der Waals surface area contributed by atoms with Crippen molar-refractivity contribution in [3.63, 3.8) is 0 Å². The molecule has 2 aromatic heterocycles. The molecule has 0 fully saturated rings. The topological polar surface area (TPSA) is 77.3 Å². The van der Waals surface area contributed by atoms with E-state index in [2.05, 4.69) is 73.7 Å². The number of aryl methyl sites for hydroxylation is 1. The van der Waals surface area contributed by atoms with Crippen molar-refractivity contribution in [3.8, 4) is 90.6 Å². The minimum Gasteiger partial charge on any atom is -0.208 e. The van der Waals surface area contributed by atoms with Crippen molar-refractivity contribution in [3.05, 3.63) is 194 Å². The summed E-state index contributed by atoms with van der Waals surface area (Å²) in [7, 11) is 0. The molecule has 6 heteroatoms. The lowest BCUT2D eigenvalue weighted by molar-refractivity contribution is 1.07. The SMILES string of the molecule is Cc1ccc(-c2cccc(-c3nc(-c4ccccc4)nc(-c4ccccc4)n3)c2)cc1-c1cccc(-c2nc(-c3ccccc3)nc(-c3ccccc3)n2)c1. The molecule has 0 unspecified atom stereocenters. The Labute approximate surface area is 320 Å². The second kappa shape index (κ2) is 14.9. The number of nitrogens with zero attached hydrogens (tertiary/aromatic N) is 6. The summed E-state index contributed by atoms with van der Waals surface area (Å²) in [6.45, 7) is 2.15. The summed E-state index contributed by atoms with van der Waals surface area (Å²) in [4.78, 5) is 29.6. The van der Waals surface area contributed by atoms with Crippen LogP contribution in [0.1, 0.15) is 5.56 Å². The van der Waals surface area contributed by atoms with Crippen LogP contribution in [-0.2, 0) is 0 Å². The van der Waals surface area contributed by atoms with Crippen molar-refractivity contribution in [1.29, 1.82) is 0 Å². The van der Waals surface area contributed by atoms with Crippen LogP contribution in [0.2, 0.25) is 0 Å². The largest absolute Gasteiger partial charge is 0.208 e. The van der Waals surface area contributed by atoms with Gasteiger partial charge in [0.2, 0.25) is 0 Å². The molecule has 0 aliphatic carbocycles. The molecule has 9 aromatic rings. The average Bonchev–Trinajstić information content (AvgIpc) is 3.27. The Morgan fingerprint density at radius 2 is 0.527 bits per heavy atom. The minimum absolute atomic E-state index is 0.622. The molecule has 6 nitrogen and oxygen atoms in total. The van der Waals surface area contributed by atoms with Crippen LogP contribution in [0.3, 0.4) is 0 Å². The first-order chi connectivity index (χ1) is 27.1. The molecule has 0 bridgehead atoms. The molecule has 0 aliphatic heterocycles. The van der Waals surface area contributed by atoms with Crippen molar-refractivity contribution < 1.29 is 0 Å². The molecular weight excluding hydrogens is 673 g/mol. The van der Waals surface area contributed by atoms with Gasteiger partial charge in [-0.3, -0.25) is 0 Å². The highest BCUT2D eigenvalue weighted by atomic mass is 15.0. The van der Waals surface area contributed by atoms with Crippen LogP contribution < -0.4 is 0 Å². The van der Waals surface area contributed by atoms with Gasteiger partial charge in [0.05, 0.1) is 0 Å². The molecule has 0 saturated carbocycles. The third kappa shape index (κ3) is 7.17. The summed E-state index contributed by atoms with van der Waals surface area (Å²) >= 11 is 0. The number of aromatic nitrogens is 6. The van der Waals surface area contributed by atoms with Crippen molar-refractivity contribution >= 4 is 0 Å². The highest BCUT2D eigenvalue weighted by molar-refractivity contribution is 5.80. The van der Waals surface area contributed by atoms with Gasteiger partial charge in [-0.25, -0.2) is 29.9 Å². The summed E-state index contributed by atoms with van der Waals surface area (Å²) in [5, 5.41) is 0. The van der Waals surface area contributed by atoms with Gasteiger partial charge in [-0.05, 0) is 52.9 Å². The third-order valence-electron chi connectivity index (χ3n) is 9.52. The smallest absolute Gasteiger partial charge is 0.164 e. The summed E-state index contributed by atoms with van der Waals surface area (Å²) in [6, 6.07) is 63.7. The van der Waals surface area contributed by atoms with Crippen LogP contribution in [0.15, 0.2) is 188 Å². The molecule has 0 amide bonds. The van der Waals surface area contributed by atoms with Gasteiger partial charge in [0.15, 0.2) is 34.9 Å². The Hall–Kier alpha value is -7.44. The van der Waals surface area contributed by atoms with E-state index < -0.39 is 0 Å². The fourth-order valence-corrected chi connectivity index (χ4v) is 6.65. The van der Waals surface area contributed by atoms with E-state index >= 15 is 0 Å². The Balaban J connectivity index is 1.10. The van der Waals surface area contributed by atoms with Crippen LogP contribution in [0, 0.1) is 6.92 Å². The molecule has 0 spiro atoms. The van der Waals surface area contributed by atoms with Gasteiger partial charge in [-0.2, -0.15) is 0 Å². The molecule has 0 aliphatic rings. The molecule has 7 aromatic carbocycles. The minimum atomic E-state index is 0.622. The van der Waals surface area contributed by atoms with E-state index in [0.29, 0.717) is 34.9 Å². The second-order valence-electron chi connectivity index (χ2n) is 13.3. The van der Waals surface area contributed by atoms with Gasteiger partial charge >= 0.3 is 0 Å². The van der Waals surface area contributed by atoms with Crippen molar-refractivity contribution in [2.24, 2.45) is 0 Å². The van der Waals surface area contributed by atoms with Gasteiger partial charge in [0, 0.05) is 33.4 Å². The predicted octanol–water partition coefficient (Wildman–Crippen LogP) is 11.7. The number of rotatable bonds is 8. The van der Waals surface area contributed by atoms with Gasteiger partial charge in [-0.1, -0.05) is 170 Å². The highest BCUT2D eigenvalue weighted by Gasteiger charge is 2.16. The molecule has 0 N–H and O–H groups in total. The number of hydrogen-bond acceptors (Lipinski definition) is 6. The molecule has 260 valence electrons. The highest BCUT2D eigenvalue weighted by Crippen LogP contribution is 2.34. The van der Waals surface area contributed by atoms with Crippen LogP contribution in [0.4, 0.5) is 0 Å². The summed E-state index contributed by atoms with van der Waals surface area (Å²) in [5.74, 6) is 3.79. The van der Waals surface area contributed by atoms with Crippen molar-refractivity contribution in [2.75, 3.05) is 0 Å². The van der Waals surface area contributed by atoms with Crippen LogP contribution in [0.25, 0.3) is 90.6 Å². The van der Waals surface area contributed by atoms with Gasteiger partial charge in [0.25, 0.3) is 0 Å². The van der Waals surface area contributed by atoms with Crippen LogP contribution in [0.5, 0.6) is 0 Å². The normalized spacial score (nSPS) is 11.0. The zero-order valence-corrected chi connectivity index (χ0v) is 30.1. The first-order valence-electron chi connectivity index (χ1n) is 18.2. The molecule has 55 heavy (non-hydrogen) atoms. The molecule has 2 heterocycles. The standard InChI is InChI=1S/C49H34N6/c1-33-28-29-39(38-24-14-26-41(30-38)48-52-44(34-16-6-2-7-17-34)50-45(53-48)35-18-8-3-9-19-35)32-43(33)40-25-15-27-42(31-40)49-54-46(36-20-10-4-11-21-36)51-47(55-49)37-22-12-5-13-23-37/h2-32H,1H3. The van der Waals surface area contributed by atoms with Crippen molar-refractivity contribution in [2.45, 2.75) is 6.92 Å². The molecule has 9 rings (SSSR count). The molecule has 0 saturated heterocycles. The monoisotopic (exact) mass is 706 g/mol. The van der Waals surface area contributed by atoms with Gasteiger partial charge < -0.3 is 0 Å². The average molecular weight is 707 g/mol. The Morgan fingerprint density at radius 1 is 0.236 bits per heavy atom. The first kappa shape index (κ1) is 33.4. The van der Waals surface area contributed by atoms with Gasteiger partial charge in [-0.15, -0.1) is 0 Å². The quantitative estimate of drug-likeness (QED) is 0.157. The molecular formula is C49H34N6. The Bertz CT molecular complexity index is 2640. The van der Waals surface area contributed by atoms with E-state index in [9.17, 15) is 0 Å². The second-order valence-corrected chi connectivity index (χ2v) is 13.3. The summed E-state index contributed by atoms with van der Waals surface area (Å²) in [6.07, 6.45) is 0.